The minimum absolute atomic E-state index is 0.177. The third-order valence-corrected chi connectivity index (χ3v) is 3.30. The molecule has 5 nitrogen and oxygen atoms in total. The van der Waals surface area contributed by atoms with E-state index < -0.39 is 0 Å². The summed E-state index contributed by atoms with van der Waals surface area (Å²) < 4.78 is 10.1. The van der Waals surface area contributed by atoms with Crippen molar-refractivity contribution in [1.29, 1.82) is 0 Å². The van der Waals surface area contributed by atoms with Crippen molar-refractivity contribution in [2.45, 2.75) is 45.2 Å². The van der Waals surface area contributed by atoms with Crippen LogP contribution in [0.1, 0.15) is 33.1 Å². The van der Waals surface area contributed by atoms with Crippen LogP contribution in [-0.4, -0.2) is 56.5 Å². The number of rotatable bonds is 6. The summed E-state index contributed by atoms with van der Waals surface area (Å²) in [6.45, 7) is 6.82. The fraction of sp³-hybridized carbons (Fsp3) is 0.923. The Morgan fingerprint density at radius 2 is 2.11 bits per heavy atom. The van der Waals surface area contributed by atoms with Gasteiger partial charge >= 0.3 is 6.09 Å². The van der Waals surface area contributed by atoms with Gasteiger partial charge < -0.3 is 19.7 Å². The van der Waals surface area contributed by atoms with Crippen LogP contribution in [0.2, 0.25) is 0 Å². The fourth-order valence-electron chi connectivity index (χ4n) is 2.22. The van der Waals surface area contributed by atoms with Crippen LogP contribution in [0.5, 0.6) is 0 Å². The second-order valence-corrected chi connectivity index (χ2v) is 4.81. The molecule has 0 aromatic rings. The number of carbonyl (C=O) groups is 1. The molecule has 1 unspecified atom stereocenters. The molecule has 1 fully saturated rings. The van der Waals surface area contributed by atoms with Crippen LogP contribution in [0.15, 0.2) is 0 Å². The van der Waals surface area contributed by atoms with Crippen molar-refractivity contribution < 1.29 is 14.3 Å². The molecule has 0 aromatic heterocycles. The minimum atomic E-state index is -0.177. The molecule has 0 aliphatic carbocycles. The topological polar surface area (TPSA) is 50.8 Å². The first-order valence-corrected chi connectivity index (χ1v) is 6.84. The number of methoxy groups -OCH3 is 1. The SMILES string of the molecule is CCOC(=O)N1CCC(NC(C)CCOC)CC1. The number of nitrogens with one attached hydrogen (secondary N) is 1. The molecule has 1 rings (SSSR count). The Morgan fingerprint density at radius 3 is 2.67 bits per heavy atom. The van der Waals surface area contributed by atoms with E-state index in [9.17, 15) is 4.79 Å². The molecule has 5 heteroatoms. The zero-order chi connectivity index (χ0) is 13.4. The Hall–Kier alpha value is -0.810. The zero-order valence-corrected chi connectivity index (χ0v) is 11.8. The van der Waals surface area contributed by atoms with Gasteiger partial charge in [0, 0.05) is 38.9 Å². The maximum atomic E-state index is 11.5. The average molecular weight is 258 g/mol. The summed E-state index contributed by atoms with van der Waals surface area (Å²) in [7, 11) is 1.73. The number of hydrogen-bond donors (Lipinski definition) is 1. The first-order chi connectivity index (χ1) is 8.67. The highest BCUT2D eigenvalue weighted by atomic mass is 16.6. The van der Waals surface area contributed by atoms with Crippen molar-refractivity contribution in [1.82, 2.24) is 10.2 Å². The molecule has 1 aliphatic heterocycles. The normalized spacial score (nSPS) is 18.7. The molecular weight excluding hydrogens is 232 g/mol. The number of amides is 1. The number of hydrogen-bond acceptors (Lipinski definition) is 4. The molecule has 0 aromatic carbocycles. The van der Waals surface area contributed by atoms with E-state index in [4.69, 9.17) is 9.47 Å². The number of nitrogens with zero attached hydrogens (tertiary/aromatic N) is 1. The number of likely N-dealkylation sites (tertiary alicyclic amines) is 1. The van der Waals surface area contributed by atoms with Crippen LogP contribution in [0, 0.1) is 0 Å². The van der Waals surface area contributed by atoms with Gasteiger partial charge in [-0.05, 0) is 33.1 Å². The van der Waals surface area contributed by atoms with Gasteiger partial charge in [-0.3, -0.25) is 0 Å². The number of piperidine rings is 1. The van der Waals surface area contributed by atoms with Crippen LogP contribution in [-0.2, 0) is 9.47 Å². The molecule has 1 heterocycles. The summed E-state index contributed by atoms with van der Waals surface area (Å²) in [4.78, 5) is 13.3. The lowest BCUT2D eigenvalue weighted by Gasteiger charge is -2.33. The predicted octanol–water partition coefficient (Wildman–Crippen LogP) is 1.62. The molecule has 0 spiro atoms. The highest BCUT2D eigenvalue weighted by molar-refractivity contribution is 5.67. The Morgan fingerprint density at radius 1 is 1.44 bits per heavy atom. The first-order valence-electron chi connectivity index (χ1n) is 6.84. The predicted molar refractivity (Wildman–Crippen MR) is 70.7 cm³/mol. The molecule has 1 saturated heterocycles. The van der Waals surface area contributed by atoms with Crippen LogP contribution in [0.3, 0.4) is 0 Å². The summed E-state index contributed by atoms with van der Waals surface area (Å²) in [6.07, 6.45) is 2.84. The van der Waals surface area contributed by atoms with Crippen molar-refractivity contribution in [3.8, 4) is 0 Å². The van der Waals surface area contributed by atoms with Gasteiger partial charge in [0.15, 0.2) is 0 Å². The van der Waals surface area contributed by atoms with Gasteiger partial charge in [-0.1, -0.05) is 0 Å². The Bertz CT molecular complexity index is 240. The molecule has 1 atom stereocenters. The standard InChI is InChI=1S/C13H26N2O3/c1-4-18-13(16)15-8-5-12(6-9-15)14-11(2)7-10-17-3/h11-12,14H,4-10H2,1-3H3. The third-order valence-electron chi connectivity index (χ3n) is 3.30. The molecule has 18 heavy (non-hydrogen) atoms. The van der Waals surface area contributed by atoms with E-state index in [-0.39, 0.29) is 6.09 Å². The summed E-state index contributed by atoms with van der Waals surface area (Å²) >= 11 is 0. The zero-order valence-electron chi connectivity index (χ0n) is 11.8. The van der Waals surface area contributed by atoms with E-state index in [2.05, 4.69) is 12.2 Å². The maximum Gasteiger partial charge on any atom is 0.409 e. The van der Waals surface area contributed by atoms with E-state index in [0.717, 1.165) is 39.0 Å². The second kappa shape index (κ2) is 8.32. The lowest BCUT2D eigenvalue weighted by atomic mass is 10.0. The van der Waals surface area contributed by atoms with Crippen LogP contribution < -0.4 is 5.32 Å². The molecule has 1 N–H and O–H groups in total. The monoisotopic (exact) mass is 258 g/mol. The Kier molecular flexibility index (Phi) is 7.05. The van der Waals surface area contributed by atoms with E-state index in [0.29, 0.717) is 18.7 Å². The van der Waals surface area contributed by atoms with Crippen molar-refractivity contribution in [2.24, 2.45) is 0 Å². The minimum Gasteiger partial charge on any atom is -0.450 e. The molecule has 0 radical (unpaired) electrons. The van der Waals surface area contributed by atoms with Crippen LogP contribution in [0.4, 0.5) is 4.79 Å². The average Bonchev–Trinajstić information content (AvgIpc) is 2.37. The quantitative estimate of drug-likeness (QED) is 0.786. The van der Waals surface area contributed by atoms with Gasteiger partial charge in [0.05, 0.1) is 6.61 Å². The second-order valence-electron chi connectivity index (χ2n) is 4.81. The molecular formula is C13H26N2O3. The van der Waals surface area contributed by atoms with Crippen LogP contribution in [0.25, 0.3) is 0 Å². The Labute approximate surface area is 110 Å². The lowest BCUT2D eigenvalue weighted by Crippen LogP contribution is -2.47. The summed E-state index contributed by atoms with van der Waals surface area (Å²) in [5, 5.41) is 3.59. The van der Waals surface area contributed by atoms with Gasteiger partial charge in [0.25, 0.3) is 0 Å². The lowest BCUT2D eigenvalue weighted by molar-refractivity contribution is 0.0937. The van der Waals surface area contributed by atoms with Gasteiger partial charge in [-0.15, -0.1) is 0 Å². The first kappa shape index (κ1) is 15.2. The van der Waals surface area contributed by atoms with Gasteiger partial charge in [-0.2, -0.15) is 0 Å². The highest BCUT2D eigenvalue weighted by Gasteiger charge is 2.23. The van der Waals surface area contributed by atoms with Crippen molar-refractivity contribution in [3.05, 3.63) is 0 Å². The summed E-state index contributed by atoms with van der Waals surface area (Å²) in [5.41, 5.74) is 0. The van der Waals surface area contributed by atoms with Gasteiger partial charge in [0.2, 0.25) is 0 Å². The van der Waals surface area contributed by atoms with E-state index in [1.807, 2.05) is 6.92 Å². The molecule has 1 aliphatic rings. The molecule has 0 bridgehead atoms. The fourth-order valence-corrected chi connectivity index (χ4v) is 2.22. The van der Waals surface area contributed by atoms with E-state index in [1.165, 1.54) is 0 Å². The van der Waals surface area contributed by atoms with Crippen molar-refractivity contribution in [2.75, 3.05) is 33.4 Å². The molecule has 106 valence electrons. The largest absolute Gasteiger partial charge is 0.450 e. The highest BCUT2D eigenvalue weighted by Crippen LogP contribution is 2.12. The smallest absolute Gasteiger partial charge is 0.409 e. The summed E-state index contributed by atoms with van der Waals surface area (Å²) in [5.74, 6) is 0. The molecule has 0 saturated carbocycles. The van der Waals surface area contributed by atoms with Crippen LogP contribution >= 0.6 is 0 Å². The van der Waals surface area contributed by atoms with Gasteiger partial charge in [-0.25, -0.2) is 4.79 Å². The van der Waals surface area contributed by atoms with E-state index in [1.54, 1.807) is 12.0 Å². The Balaban J connectivity index is 2.20. The van der Waals surface area contributed by atoms with Crippen molar-refractivity contribution in [3.63, 3.8) is 0 Å². The maximum absolute atomic E-state index is 11.5. The molecule has 1 amide bonds. The number of carbonyl (C=O) groups excluding carboxylic acids is 1. The summed E-state index contributed by atoms with van der Waals surface area (Å²) in [6, 6.07) is 0.964. The van der Waals surface area contributed by atoms with Crippen molar-refractivity contribution >= 4 is 6.09 Å². The van der Waals surface area contributed by atoms with Gasteiger partial charge in [0.1, 0.15) is 0 Å². The number of ether oxygens (including phenoxy) is 2. The van der Waals surface area contributed by atoms with E-state index >= 15 is 0 Å². The third kappa shape index (κ3) is 5.23.